The SMILES string of the molecule is COc1nc2ccc(-c3nn(-c4cnn(C)c4)ccc3=O)cc2cc1-c1cnn(C2CN(C(=O)OC(C)(C)C)C2)c1. The molecule has 1 amide bonds. The van der Waals surface area contributed by atoms with Gasteiger partial charge in [-0.15, -0.1) is 0 Å². The average molecular weight is 555 g/mol. The summed E-state index contributed by atoms with van der Waals surface area (Å²) in [4.78, 5) is 31.5. The van der Waals surface area contributed by atoms with Crippen LogP contribution in [-0.4, -0.2) is 71.1 Å². The maximum atomic E-state index is 12.8. The summed E-state index contributed by atoms with van der Waals surface area (Å²) in [6.45, 7) is 6.60. The Balaban J connectivity index is 1.29. The largest absolute Gasteiger partial charge is 0.481 e. The van der Waals surface area contributed by atoms with E-state index in [1.54, 1.807) is 40.0 Å². The molecule has 0 N–H and O–H groups in total. The van der Waals surface area contributed by atoms with Gasteiger partial charge in [-0.3, -0.25) is 14.2 Å². The molecular formula is C29H30N8O4. The Kier molecular flexibility index (Phi) is 6.32. The number of hydrogen-bond acceptors (Lipinski definition) is 8. The lowest BCUT2D eigenvalue weighted by Gasteiger charge is -2.39. The zero-order chi connectivity index (χ0) is 28.9. The van der Waals surface area contributed by atoms with E-state index < -0.39 is 5.60 Å². The molecule has 0 saturated carbocycles. The molecule has 1 aliphatic rings. The third-order valence-electron chi connectivity index (χ3n) is 6.81. The van der Waals surface area contributed by atoms with E-state index in [1.807, 2.05) is 69.2 Å². The summed E-state index contributed by atoms with van der Waals surface area (Å²) in [6.07, 6.45) is 8.50. The van der Waals surface area contributed by atoms with Crippen LogP contribution in [0.5, 0.6) is 5.88 Å². The number of fused-ring (bicyclic) bond motifs is 1. The molecule has 0 radical (unpaired) electrons. The summed E-state index contributed by atoms with van der Waals surface area (Å²) in [5, 5.41) is 14.1. The fourth-order valence-corrected chi connectivity index (χ4v) is 4.72. The number of ether oxygens (including phenoxy) is 2. The highest BCUT2D eigenvalue weighted by Crippen LogP contribution is 2.34. The van der Waals surface area contributed by atoms with Gasteiger partial charge in [0, 0.05) is 60.7 Å². The van der Waals surface area contributed by atoms with E-state index in [9.17, 15) is 9.59 Å². The lowest BCUT2D eigenvalue weighted by molar-refractivity contribution is -0.000383. The van der Waals surface area contributed by atoms with Crippen molar-refractivity contribution >= 4 is 17.0 Å². The van der Waals surface area contributed by atoms with E-state index in [4.69, 9.17) is 14.5 Å². The lowest BCUT2D eigenvalue weighted by atomic mass is 10.0. The number of rotatable bonds is 5. The van der Waals surface area contributed by atoms with Crippen molar-refractivity contribution in [2.45, 2.75) is 32.4 Å². The third kappa shape index (κ3) is 5.15. The Labute approximate surface area is 235 Å². The van der Waals surface area contributed by atoms with Crippen LogP contribution in [0.3, 0.4) is 0 Å². The number of hydrogen-bond donors (Lipinski definition) is 0. The highest BCUT2D eigenvalue weighted by atomic mass is 16.6. The van der Waals surface area contributed by atoms with Crippen molar-refractivity contribution in [3.05, 3.63) is 71.5 Å². The van der Waals surface area contributed by atoms with E-state index in [0.717, 1.165) is 27.7 Å². The van der Waals surface area contributed by atoms with E-state index in [0.29, 0.717) is 30.2 Å². The van der Waals surface area contributed by atoms with Crippen molar-refractivity contribution in [1.29, 1.82) is 0 Å². The molecule has 5 aromatic rings. The van der Waals surface area contributed by atoms with Crippen molar-refractivity contribution in [2.24, 2.45) is 7.05 Å². The minimum atomic E-state index is -0.535. The second-order valence-corrected chi connectivity index (χ2v) is 11.0. The second kappa shape index (κ2) is 9.88. The molecule has 0 bridgehead atoms. The zero-order valence-corrected chi connectivity index (χ0v) is 23.5. The van der Waals surface area contributed by atoms with Crippen LogP contribution in [0.25, 0.3) is 39.0 Å². The second-order valence-electron chi connectivity index (χ2n) is 11.0. The van der Waals surface area contributed by atoms with E-state index in [1.165, 1.54) is 6.07 Å². The zero-order valence-electron chi connectivity index (χ0n) is 23.5. The lowest BCUT2D eigenvalue weighted by Crippen LogP contribution is -2.52. The average Bonchev–Trinajstić information content (AvgIpc) is 3.55. The number of pyridine rings is 1. The Morgan fingerprint density at radius 2 is 1.83 bits per heavy atom. The van der Waals surface area contributed by atoms with Gasteiger partial charge in [-0.05, 0) is 39.0 Å². The number of aromatic nitrogens is 7. The number of benzene rings is 1. The highest BCUT2D eigenvalue weighted by molar-refractivity contribution is 5.89. The Hall–Kier alpha value is -5.00. The quantitative estimate of drug-likeness (QED) is 0.321. The molecule has 12 heteroatoms. The van der Waals surface area contributed by atoms with Crippen LogP contribution < -0.4 is 10.2 Å². The van der Waals surface area contributed by atoms with E-state index >= 15 is 0 Å². The Bertz CT molecular complexity index is 1820. The van der Waals surface area contributed by atoms with Crippen LogP contribution in [0.15, 0.2) is 66.1 Å². The first-order valence-corrected chi connectivity index (χ1v) is 13.2. The molecule has 5 heterocycles. The molecule has 1 saturated heterocycles. The molecule has 0 spiro atoms. The monoisotopic (exact) mass is 554 g/mol. The Morgan fingerprint density at radius 3 is 2.54 bits per heavy atom. The van der Waals surface area contributed by atoms with Crippen molar-refractivity contribution in [1.82, 2.24) is 39.2 Å². The maximum Gasteiger partial charge on any atom is 0.410 e. The first-order valence-electron chi connectivity index (χ1n) is 13.2. The van der Waals surface area contributed by atoms with E-state index in [2.05, 4.69) is 15.3 Å². The molecule has 0 unspecified atom stereocenters. The summed E-state index contributed by atoms with van der Waals surface area (Å²) in [5.41, 5.74) is 3.34. The summed E-state index contributed by atoms with van der Waals surface area (Å²) < 4.78 is 16.2. The number of amides is 1. The molecular weight excluding hydrogens is 524 g/mol. The number of nitrogens with zero attached hydrogens (tertiary/aromatic N) is 8. The van der Waals surface area contributed by atoms with Crippen LogP contribution in [0.2, 0.25) is 0 Å². The van der Waals surface area contributed by atoms with Gasteiger partial charge >= 0.3 is 6.09 Å². The molecule has 41 heavy (non-hydrogen) atoms. The van der Waals surface area contributed by atoms with Crippen LogP contribution in [-0.2, 0) is 11.8 Å². The minimum absolute atomic E-state index is 0.0495. The number of carbonyl (C=O) groups excluding carboxylic acids is 1. The van der Waals surface area contributed by atoms with Gasteiger partial charge in [0.25, 0.3) is 0 Å². The first kappa shape index (κ1) is 26.2. The van der Waals surface area contributed by atoms with Crippen molar-refractivity contribution in [3.8, 4) is 34.0 Å². The van der Waals surface area contributed by atoms with Gasteiger partial charge in [0.15, 0.2) is 0 Å². The smallest absolute Gasteiger partial charge is 0.410 e. The number of carbonyl (C=O) groups is 1. The van der Waals surface area contributed by atoms with Gasteiger partial charge < -0.3 is 14.4 Å². The van der Waals surface area contributed by atoms with Gasteiger partial charge in [-0.25, -0.2) is 14.5 Å². The molecule has 0 atom stereocenters. The third-order valence-corrected chi connectivity index (χ3v) is 6.81. The fourth-order valence-electron chi connectivity index (χ4n) is 4.72. The molecule has 6 rings (SSSR count). The standard InChI is InChI=1S/C29H30N8O4/c1-29(2,3)41-28(39)35-16-22(17-35)37-14-20(12-31-37)23-11-19-10-18(6-7-24(19)32-27(23)40-5)26-25(38)8-9-36(33-26)21-13-30-34(4)15-21/h6-15,22H,16-17H2,1-5H3. The van der Waals surface area contributed by atoms with E-state index in [-0.39, 0.29) is 17.6 Å². The topological polar surface area (TPSA) is 122 Å². The first-order chi connectivity index (χ1) is 19.6. The summed E-state index contributed by atoms with van der Waals surface area (Å²) in [7, 11) is 3.40. The van der Waals surface area contributed by atoms with Crippen molar-refractivity contribution in [3.63, 3.8) is 0 Å². The normalized spacial score (nSPS) is 13.8. The van der Waals surface area contributed by atoms with Crippen molar-refractivity contribution in [2.75, 3.05) is 20.2 Å². The molecule has 1 fully saturated rings. The van der Waals surface area contributed by atoms with Crippen molar-refractivity contribution < 1.29 is 14.3 Å². The summed E-state index contributed by atoms with van der Waals surface area (Å²) >= 11 is 0. The van der Waals surface area contributed by atoms with Crippen LogP contribution in [0.1, 0.15) is 26.8 Å². The number of methoxy groups -OCH3 is 1. The van der Waals surface area contributed by atoms with Gasteiger partial charge in [0.05, 0.1) is 37.3 Å². The van der Waals surface area contributed by atoms with Crippen LogP contribution in [0.4, 0.5) is 4.79 Å². The summed E-state index contributed by atoms with van der Waals surface area (Å²) in [5.74, 6) is 0.463. The maximum absolute atomic E-state index is 12.8. The fraction of sp³-hybridized carbons (Fsp3) is 0.310. The molecule has 210 valence electrons. The molecule has 1 aromatic carbocycles. The van der Waals surface area contributed by atoms with Gasteiger partial charge in [-0.2, -0.15) is 15.3 Å². The number of likely N-dealkylation sites (tertiary alicyclic amines) is 1. The minimum Gasteiger partial charge on any atom is -0.481 e. The van der Waals surface area contributed by atoms with Gasteiger partial charge in [0.2, 0.25) is 11.3 Å². The molecule has 0 aliphatic carbocycles. The highest BCUT2D eigenvalue weighted by Gasteiger charge is 2.35. The van der Waals surface area contributed by atoms with Gasteiger partial charge in [-0.1, -0.05) is 6.07 Å². The molecule has 12 nitrogen and oxygen atoms in total. The molecule has 4 aromatic heterocycles. The van der Waals surface area contributed by atoms with Gasteiger partial charge in [0.1, 0.15) is 17.0 Å². The Morgan fingerprint density at radius 1 is 1.02 bits per heavy atom. The summed E-state index contributed by atoms with van der Waals surface area (Å²) in [6, 6.07) is 9.10. The predicted molar refractivity (Wildman–Crippen MR) is 152 cm³/mol. The van der Waals surface area contributed by atoms with Crippen LogP contribution in [0, 0.1) is 0 Å². The number of aryl methyl sites for hydroxylation is 1. The van der Waals surface area contributed by atoms with Crippen LogP contribution >= 0.6 is 0 Å². The molecule has 1 aliphatic heterocycles. The predicted octanol–water partition coefficient (Wildman–Crippen LogP) is 3.85.